The lowest BCUT2D eigenvalue weighted by Crippen LogP contribution is -2.24. The standard InChI is InChI=1S/C22H28N7O6P/c1-29(11-14-10-25-20-18(26-14)19(23)27-22(24)28-20)15-5-7-16(8-6-15)36(32,33)12-13(21(31)35-3)4-9-17(30)34-2/h5-8,10,13H,4,9,11-12H2,1-3H3,(H,32,33)(H4,23,24,25,27,28). The maximum absolute atomic E-state index is 13.1. The Morgan fingerprint density at radius 2 is 1.81 bits per heavy atom. The summed E-state index contributed by atoms with van der Waals surface area (Å²) in [6.07, 6.45) is 1.18. The molecule has 0 aliphatic heterocycles. The van der Waals surface area contributed by atoms with Crippen LogP contribution in [-0.2, 0) is 30.2 Å². The van der Waals surface area contributed by atoms with Crippen LogP contribution in [0.3, 0.4) is 0 Å². The van der Waals surface area contributed by atoms with Crippen molar-refractivity contribution in [3.05, 3.63) is 36.2 Å². The van der Waals surface area contributed by atoms with Crippen molar-refractivity contribution in [2.45, 2.75) is 19.4 Å². The number of carbonyl (C=O) groups is 2. The fraction of sp³-hybridized carbons (Fsp3) is 0.364. The van der Waals surface area contributed by atoms with Gasteiger partial charge in [-0.2, -0.15) is 9.97 Å². The van der Waals surface area contributed by atoms with Crippen LogP contribution in [0.4, 0.5) is 17.5 Å². The third-order valence-electron chi connectivity index (χ3n) is 5.52. The summed E-state index contributed by atoms with van der Waals surface area (Å²) in [5.74, 6) is -1.95. The highest BCUT2D eigenvalue weighted by molar-refractivity contribution is 7.66. The molecule has 0 saturated carbocycles. The summed E-state index contributed by atoms with van der Waals surface area (Å²) < 4.78 is 22.4. The van der Waals surface area contributed by atoms with E-state index in [1.165, 1.54) is 26.4 Å². The predicted molar refractivity (Wildman–Crippen MR) is 134 cm³/mol. The van der Waals surface area contributed by atoms with Gasteiger partial charge in [-0.25, -0.2) is 9.97 Å². The van der Waals surface area contributed by atoms with Crippen molar-refractivity contribution < 1.29 is 28.5 Å². The van der Waals surface area contributed by atoms with Crippen LogP contribution in [0.5, 0.6) is 0 Å². The number of nitrogens with zero attached hydrogens (tertiary/aromatic N) is 5. The van der Waals surface area contributed by atoms with Crippen molar-refractivity contribution in [3.63, 3.8) is 0 Å². The fourth-order valence-electron chi connectivity index (χ4n) is 3.58. The fourth-order valence-corrected chi connectivity index (χ4v) is 5.34. The van der Waals surface area contributed by atoms with Crippen molar-refractivity contribution in [2.75, 3.05) is 43.8 Å². The zero-order chi connectivity index (χ0) is 26.5. The van der Waals surface area contributed by atoms with Crippen LogP contribution in [0.2, 0.25) is 0 Å². The highest BCUT2D eigenvalue weighted by atomic mass is 31.2. The summed E-state index contributed by atoms with van der Waals surface area (Å²) in [5.41, 5.74) is 13.5. The first-order valence-electron chi connectivity index (χ1n) is 10.9. The Morgan fingerprint density at radius 1 is 1.11 bits per heavy atom. The van der Waals surface area contributed by atoms with Gasteiger partial charge in [0.1, 0.15) is 0 Å². The van der Waals surface area contributed by atoms with Gasteiger partial charge in [0.2, 0.25) is 13.3 Å². The number of fused-ring (bicyclic) bond motifs is 1. The van der Waals surface area contributed by atoms with Gasteiger partial charge in [0, 0.05) is 30.6 Å². The second-order valence-electron chi connectivity index (χ2n) is 8.09. The number of anilines is 3. The van der Waals surface area contributed by atoms with Gasteiger partial charge in [-0.05, 0) is 30.7 Å². The number of hydrogen-bond donors (Lipinski definition) is 3. The van der Waals surface area contributed by atoms with Gasteiger partial charge >= 0.3 is 11.9 Å². The minimum Gasteiger partial charge on any atom is -0.469 e. The molecular formula is C22H28N7O6P. The van der Waals surface area contributed by atoms with E-state index < -0.39 is 25.2 Å². The maximum atomic E-state index is 13.1. The lowest BCUT2D eigenvalue weighted by molar-refractivity contribution is -0.146. The molecule has 0 bridgehead atoms. The molecule has 0 radical (unpaired) electrons. The molecule has 2 heterocycles. The number of nitrogens with two attached hydrogens (primary N) is 2. The number of ether oxygens (including phenoxy) is 2. The van der Waals surface area contributed by atoms with E-state index in [4.69, 9.17) is 16.2 Å². The zero-order valence-electron chi connectivity index (χ0n) is 20.1. The molecule has 3 rings (SSSR count). The van der Waals surface area contributed by atoms with E-state index in [-0.39, 0.29) is 36.1 Å². The smallest absolute Gasteiger partial charge is 0.309 e. The SMILES string of the molecule is COC(=O)CCC(CP(=O)(O)c1ccc(N(C)Cc2cnc3nc(N)nc(N)c3n2)cc1)C(=O)OC. The number of nitrogen functional groups attached to an aromatic ring is 2. The lowest BCUT2D eigenvalue weighted by Gasteiger charge is -2.21. The molecule has 1 aromatic carbocycles. The quantitative estimate of drug-likeness (QED) is 0.253. The van der Waals surface area contributed by atoms with Crippen LogP contribution in [-0.4, -0.2) is 64.2 Å². The van der Waals surface area contributed by atoms with Crippen LogP contribution in [0.1, 0.15) is 18.5 Å². The Morgan fingerprint density at radius 3 is 2.44 bits per heavy atom. The Kier molecular flexibility index (Phi) is 8.38. The Bertz CT molecular complexity index is 1300. The molecule has 192 valence electrons. The molecule has 3 aromatic rings. The second kappa shape index (κ2) is 11.3. The van der Waals surface area contributed by atoms with E-state index in [0.717, 1.165) is 5.69 Å². The summed E-state index contributed by atoms with van der Waals surface area (Å²) >= 11 is 0. The number of methoxy groups -OCH3 is 2. The first kappa shape index (κ1) is 26.8. The molecule has 0 spiro atoms. The van der Waals surface area contributed by atoms with Gasteiger partial charge in [-0.1, -0.05) is 0 Å². The molecule has 2 atom stereocenters. The minimum absolute atomic E-state index is 0.0156. The summed E-state index contributed by atoms with van der Waals surface area (Å²) in [4.78, 5) is 52.7. The highest BCUT2D eigenvalue weighted by Crippen LogP contribution is 2.43. The summed E-state index contributed by atoms with van der Waals surface area (Å²) in [6, 6.07) is 6.43. The van der Waals surface area contributed by atoms with Gasteiger partial charge in [-0.15, -0.1) is 0 Å². The molecule has 13 nitrogen and oxygen atoms in total. The van der Waals surface area contributed by atoms with E-state index in [0.29, 0.717) is 23.4 Å². The highest BCUT2D eigenvalue weighted by Gasteiger charge is 2.31. The van der Waals surface area contributed by atoms with Gasteiger partial charge in [0.25, 0.3) is 0 Å². The summed E-state index contributed by atoms with van der Waals surface area (Å²) in [6.45, 7) is 0.362. The number of esters is 2. The molecule has 36 heavy (non-hydrogen) atoms. The van der Waals surface area contributed by atoms with Crippen molar-refractivity contribution in [1.29, 1.82) is 0 Å². The van der Waals surface area contributed by atoms with Crippen molar-refractivity contribution in [1.82, 2.24) is 19.9 Å². The number of hydrogen-bond acceptors (Lipinski definition) is 12. The first-order chi connectivity index (χ1) is 17.0. The maximum Gasteiger partial charge on any atom is 0.309 e. The van der Waals surface area contributed by atoms with E-state index in [1.54, 1.807) is 18.3 Å². The largest absolute Gasteiger partial charge is 0.469 e. The van der Waals surface area contributed by atoms with E-state index in [2.05, 4.69) is 24.7 Å². The van der Waals surface area contributed by atoms with Gasteiger partial charge in [0.05, 0.1) is 38.6 Å². The number of benzene rings is 1. The lowest BCUT2D eigenvalue weighted by atomic mass is 10.1. The Labute approximate surface area is 207 Å². The molecule has 0 fully saturated rings. The summed E-state index contributed by atoms with van der Waals surface area (Å²) in [5, 5.41) is 0.180. The Balaban J connectivity index is 1.72. The molecule has 0 aliphatic carbocycles. The van der Waals surface area contributed by atoms with E-state index in [1.807, 2.05) is 11.9 Å². The van der Waals surface area contributed by atoms with Crippen LogP contribution in [0.25, 0.3) is 11.2 Å². The normalized spacial score (nSPS) is 13.6. The molecule has 0 aliphatic rings. The van der Waals surface area contributed by atoms with Crippen molar-refractivity contribution >= 4 is 53.2 Å². The minimum atomic E-state index is -3.92. The average Bonchev–Trinajstić information content (AvgIpc) is 2.86. The van der Waals surface area contributed by atoms with E-state index in [9.17, 15) is 19.0 Å². The monoisotopic (exact) mass is 517 g/mol. The first-order valence-corrected chi connectivity index (χ1v) is 12.7. The molecule has 0 saturated heterocycles. The van der Waals surface area contributed by atoms with Crippen LogP contribution >= 0.6 is 7.37 Å². The van der Waals surface area contributed by atoms with Gasteiger partial charge < -0.3 is 30.7 Å². The number of carbonyl (C=O) groups excluding carboxylic acids is 2. The number of rotatable bonds is 10. The number of aromatic nitrogens is 4. The summed E-state index contributed by atoms with van der Waals surface area (Å²) in [7, 11) is 0.325. The third-order valence-corrected chi connectivity index (χ3v) is 7.56. The third kappa shape index (κ3) is 6.43. The molecule has 5 N–H and O–H groups in total. The van der Waals surface area contributed by atoms with Gasteiger partial charge in [-0.3, -0.25) is 14.2 Å². The van der Waals surface area contributed by atoms with Crippen LogP contribution < -0.4 is 21.7 Å². The van der Waals surface area contributed by atoms with Crippen molar-refractivity contribution in [2.24, 2.45) is 5.92 Å². The zero-order valence-corrected chi connectivity index (χ0v) is 21.0. The van der Waals surface area contributed by atoms with Crippen LogP contribution in [0.15, 0.2) is 30.5 Å². The molecule has 0 amide bonds. The predicted octanol–water partition coefficient (Wildman–Crippen LogP) is 0.859. The molecule has 14 heteroatoms. The molecule has 2 unspecified atom stereocenters. The van der Waals surface area contributed by atoms with Gasteiger partial charge in [0.15, 0.2) is 17.0 Å². The second-order valence-corrected chi connectivity index (χ2v) is 10.4. The molecular weight excluding hydrogens is 489 g/mol. The van der Waals surface area contributed by atoms with Crippen LogP contribution in [0, 0.1) is 5.92 Å². The Hall–Kier alpha value is -3.83. The molecule has 2 aromatic heterocycles. The van der Waals surface area contributed by atoms with Crippen molar-refractivity contribution in [3.8, 4) is 0 Å². The average molecular weight is 517 g/mol. The van der Waals surface area contributed by atoms with E-state index >= 15 is 0 Å². The topological polar surface area (TPSA) is 197 Å².